The van der Waals surface area contributed by atoms with E-state index in [9.17, 15) is 8.42 Å². The summed E-state index contributed by atoms with van der Waals surface area (Å²) in [5, 5.41) is 0.000136. The van der Waals surface area contributed by atoms with Crippen LogP contribution in [0.4, 0.5) is 0 Å². The molecule has 160 valence electrons. The second kappa shape index (κ2) is 11.4. The van der Waals surface area contributed by atoms with Gasteiger partial charge in [0.1, 0.15) is 5.37 Å². The summed E-state index contributed by atoms with van der Waals surface area (Å²) in [7, 11) is -3.38. The summed E-state index contributed by atoms with van der Waals surface area (Å²) in [4.78, 5) is 3.94. The highest BCUT2D eigenvalue weighted by molar-refractivity contribution is 8.00. The van der Waals surface area contributed by atoms with E-state index in [0.717, 1.165) is 32.4 Å². The van der Waals surface area contributed by atoms with Gasteiger partial charge in [-0.15, -0.1) is 24.2 Å². The summed E-state index contributed by atoms with van der Waals surface area (Å²) in [5.41, 5.74) is 0. The Bertz CT molecular complexity index is 828. The van der Waals surface area contributed by atoms with Crippen molar-refractivity contribution in [2.24, 2.45) is 5.92 Å². The third-order valence-corrected chi connectivity index (χ3v) is 8.73. The van der Waals surface area contributed by atoms with Crippen LogP contribution >= 0.6 is 24.2 Å². The van der Waals surface area contributed by atoms with Gasteiger partial charge in [-0.05, 0) is 62.4 Å². The topological polar surface area (TPSA) is 37.4 Å². The normalized spacial score (nSPS) is 18.9. The molecule has 2 atom stereocenters. The lowest BCUT2D eigenvalue weighted by Crippen LogP contribution is -2.47. The number of rotatable bonds is 8. The zero-order valence-corrected chi connectivity index (χ0v) is 19.7. The molecule has 0 aromatic heterocycles. The number of nitrogens with zero attached hydrogens (tertiary/aromatic N) is 1. The predicted molar refractivity (Wildman–Crippen MR) is 126 cm³/mol. The Morgan fingerprint density at radius 2 is 1.62 bits per heavy atom. The highest BCUT2D eigenvalue weighted by Crippen LogP contribution is 2.33. The van der Waals surface area contributed by atoms with E-state index in [1.807, 2.05) is 36.0 Å². The number of thioether (sulfide) groups is 1. The number of hydrogen-bond acceptors (Lipinski definition) is 4. The third kappa shape index (κ3) is 6.74. The largest absolute Gasteiger partial charge is 0.286 e. The van der Waals surface area contributed by atoms with Gasteiger partial charge in [0.05, 0.1) is 4.90 Å². The van der Waals surface area contributed by atoms with Crippen molar-refractivity contribution < 1.29 is 8.42 Å². The lowest BCUT2D eigenvalue weighted by Gasteiger charge is -2.38. The molecule has 6 heteroatoms. The fraction of sp³-hybridized carbons (Fsp3) is 0.478. The van der Waals surface area contributed by atoms with Crippen LogP contribution < -0.4 is 0 Å². The first-order valence-electron chi connectivity index (χ1n) is 10.2. The summed E-state index contributed by atoms with van der Waals surface area (Å²) >= 11 is 1.88. The Morgan fingerprint density at radius 3 is 2.24 bits per heavy atom. The van der Waals surface area contributed by atoms with Gasteiger partial charge in [0.25, 0.3) is 0 Å². The van der Waals surface area contributed by atoms with Crippen molar-refractivity contribution in [3.8, 4) is 0 Å². The van der Waals surface area contributed by atoms with Gasteiger partial charge < -0.3 is 0 Å². The SMILES string of the molecule is CC(C)CCC(N1CCCC(Sc2ccccc2)C1)S(=O)(=O)c1ccccc1.Cl. The molecule has 2 unspecified atom stereocenters. The minimum atomic E-state index is -3.38. The number of sulfone groups is 1. The van der Waals surface area contributed by atoms with E-state index in [1.165, 1.54) is 4.90 Å². The van der Waals surface area contributed by atoms with Crippen LogP contribution in [0.1, 0.15) is 39.5 Å². The van der Waals surface area contributed by atoms with E-state index in [0.29, 0.717) is 22.5 Å². The molecule has 2 aromatic rings. The van der Waals surface area contributed by atoms with Crippen LogP contribution in [0.2, 0.25) is 0 Å². The Morgan fingerprint density at radius 1 is 1.00 bits per heavy atom. The van der Waals surface area contributed by atoms with Gasteiger partial charge in [-0.3, -0.25) is 4.90 Å². The maximum atomic E-state index is 13.5. The van der Waals surface area contributed by atoms with E-state index in [2.05, 4.69) is 43.0 Å². The summed E-state index contributed by atoms with van der Waals surface area (Å²) in [6.45, 7) is 6.02. The Kier molecular flexibility index (Phi) is 9.54. The highest BCUT2D eigenvalue weighted by atomic mass is 35.5. The minimum absolute atomic E-state index is 0. The lowest BCUT2D eigenvalue weighted by molar-refractivity contribution is 0.199. The molecule has 3 nitrogen and oxygen atoms in total. The molecule has 0 amide bonds. The van der Waals surface area contributed by atoms with Crippen LogP contribution in [0.5, 0.6) is 0 Å². The fourth-order valence-electron chi connectivity index (χ4n) is 3.79. The fourth-order valence-corrected chi connectivity index (χ4v) is 6.92. The molecule has 1 saturated heterocycles. The molecule has 1 aliphatic heterocycles. The standard InChI is InChI=1S/C23H31NO2S2.ClH/c1-19(2)15-16-23(28(25,26)22-13-7-4-8-14-22)24-17-9-12-21(18-24)27-20-10-5-3-6-11-20;/h3-8,10-11,13-14,19,21,23H,9,12,15-18H2,1-2H3;1H. The first-order chi connectivity index (χ1) is 13.5. The predicted octanol–water partition coefficient (Wildman–Crippen LogP) is 5.90. The number of piperidine rings is 1. The summed E-state index contributed by atoms with van der Waals surface area (Å²) in [5.74, 6) is 0.493. The molecule has 0 bridgehead atoms. The number of halogens is 1. The molecule has 0 saturated carbocycles. The molecule has 1 heterocycles. The van der Waals surface area contributed by atoms with Crippen molar-refractivity contribution >= 4 is 34.0 Å². The average Bonchev–Trinajstić information content (AvgIpc) is 2.69. The van der Waals surface area contributed by atoms with Crippen molar-refractivity contribution in [3.63, 3.8) is 0 Å². The van der Waals surface area contributed by atoms with Crippen molar-refractivity contribution in [2.45, 2.75) is 59.9 Å². The first kappa shape index (κ1) is 24.3. The zero-order valence-electron chi connectivity index (χ0n) is 17.2. The quantitative estimate of drug-likeness (QED) is 0.498. The molecule has 2 aromatic carbocycles. The zero-order chi connectivity index (χ0) is 20.0. The first-order valence-corrected chi connectivity index (χ1v) is 12.6. The monoisotopic (exact) mass is 453 g/mol. The van der Waals surface area contributed by atoms with Crippen LogP contribution in [0.25, 0.3) is 0 Å². The van der Waals surface area contributed by atoms with E-state index in [-0.39, 0.29) is 12.4 Å². The Hall–Kier alpha value is -1.01. The Balaban J connectivity index is 0.00000300. The molecule has 0 spiro atoms. The van der Waals surface area contributed by atoms with Crippen LogP contribution in [0, 0.1) is 5.92 Å². The van der Waals surface area contributed by atoms with E-state index in [4.69, 9.17) is 0 Å². The van der Waals surface area contributed by atoms with Gasteiger partial charge in [-0.2, -0.15) is 0 Å². The molecule has 1 fully saturated rings. The van der Waals surface area contributed by atoms with Crippen molar-refractivity contribution in [1.82, 2.24) is 4.90 Å². The second-order valence-electron chi connectivity index (χ2n) is 7.97. The summed E-state index contributed by atoms with van der Waals surface area (Å²) in [6.07, 6.45) is 3.80. The lowest BCUT2D eigenvalue weighted by atomic mass is 10.1. The smallest absolute Gasteiger partial charge is 0.194 e. The van der Waals surface area contributed by atoms with E-state index >= 15 is 0 Å². The summed E-state index contributed by atoms with van der Waals surface area (Å²) < 4.78 is 26.9. The van der Waals surface area contributed by atoms with Gasteiger partial charge in [0.2, 0.25) is 0 Å². The molecular formula is C23H32ClNO2S2. The molecular weight excluding hydrogens is 422 g/mol. The van der Waals surface area contributed by atoms with Gasteiger partial charge in [0, 0.05) is 16.7 Å². The van der Waals surface area contributed by atoms with Gasteiger partial charge >= 0.3 is 0 Å². The molecule has 1 aliphatic rings. The number of benzene rings is 2. The van der Waals surface area contributed by atoms with Crippen molar-refractivity contribution in [2.75, 3.05) is 13.1 Å². The van der Waals surface area contributed by atoms with Gasteiger partial charge in [0.15, 0.2) is 9.84 Å². The van der Waals surface area contributed by atoms with Gasteiger partial charge in [-0.25, -0.2) is 8.42 Å². The number of likely N-dealkylation sites (tertiary alicyclic amines) is 1. The summed E-state index contributed by atoms with van der Waals surface area (Å²) in [6, 6.07) is 19.4. The molecule has 0 aliphatic carbocycles. The molecule has 0 radical (unpaired) electrons. The maximum Gasteiger partial charge on any atom is 0.194 e. The van der Waals surface area contributed by atoms with E-state index in [1.54, 1.807) is 12.1 Å². The van der Waals surface area contributed by atoms with Crippen molar-refractivity contribution in [3.05, 3.63) is 60.7 Å². The van der Waals surface area contributed by atoms with Crippen LogP contribution in [-0.2, 0) is 9.84 Å². The maximum absolute atomic E-state index is 13.5. The van der Waals surface area contributed by atoms with Crippen LogP contribution in [-0.4, -0.2) is 37.0 Å². The third-order valence-electron chi connectivity index (χ3n) is 5.28. The molecule has 29 heavy (non-hydrogen) atoms. The molecule has 0 N–H and O–H groups in total. The Labute approximate surface area is 186 Å². The van der Waals surface area contributed by atoms with E-state index < -0.39 is 15.2 Å². The van der Waals surface area contributed by atoms with Crippen molar-refractivity contribution in [1.29, 1.82) is 0 Å². The highest BCUT2D eigenvalue weighted by Gasteiger charge is 2.35. The second-order valence-corrected chi connectivity index (χ2v) is 11.5. The molecule has 3 rings (SSSR count). The number of hydrogen-bond donors (Lipinski definition) is 0. The minimum Gasteiger partial charge on any atom is -0.286 e. The average molecular weight is 454 g/mol. The van der Waals surface area contributed by atoms with Crippen LogP contribution in [0.15, 0.2) is 70.5 Å². The van der Waals surface area contributed by atoms with Gasteiger partial charge in [-0.1, -0.05) is 50.2 Å². The van der Waals surface area contributed by atoms with Crippen LogP contribution in [0.3, 0.4) is 0 Å².